The van der Waals surface area contributed by atoms with Crippen LogP contribution in [0.3, 0.4) is 0 Å². The Kier molecular flexibility index (Phi) is 4.74. The Balaban J connectivity index is 1.76. The molecule has 0 fully saturated rings. The van der Waals surface area contributed by atoms with Crippen LogP contribution in [0.4, 0.5) is 4.79 Å². The zero-order valence-corrected chi connectivity index (χ0v) is 13.9. The summed E-state index contributed by atoms with van der Waals surface area (Å²) in [6, 6.07) is 7.93. The molecule has 7 heteroatoms. The van der Waals surface area contributed by atoms with Crippen LogP contribution in [-0.2, 0) is 16.1 Å². The highest BCUT2D eigenvalue weighted by molar-refractivity contribution is 5.94. The Hall–Kier alpha value is -3.22. The fourth-order valence-electron chi connectivity index (χ4n) is 2.60. The topological polar surface area (TPSA) is 89.8 Å². The Morgan fingerprint density at radius 1 is 1.24 bits per heavy atom. The van der Waals surface area contributed by atoms with Crippen LogP contribution in [0.2, 0.25) is 0 Å². The Morgan fingerprint density at radius 2 is 2.00 bits per heavy atom. The van der Waals surface area contributed by atoms with Gasteiger partial charge in [0.05, 0.1) is 31.3 Å². The van der Waals surface area contributed by atoms with E-state index in [1.165, 1.54) is 12.5 Å². The number of carbonyl (C=O) groups is 2. The summed E-state index contributed by atoms with van der Waals surface area (Å²) >= 11 is 0. The number of ether oxygens (including phenoxy) is 2. The SMILES string of the molecule is COc1ccc(COC(=O)C2=C(C)NC(=O)NC2c2ccoc2)cc1. The molecule has 1 unspecified atom stereocenters. The van der Waals surface area contributed by atoms with Gasteiger partial charge in [0, 0.05) is 11.3 Å². The summed E-state index contributed by atoms with van der Waals surface area (Å²) in [5.41, 5.74) is 2.30. The minimum Gasteiger partial charge on any atom is -0.497 e. The van der Waals surface area contributed by atoms with Crippen LogP contribution < -0.4 is 15.4 Å². The first kappa shape index (κ1) is 16.6. The molecule has 1 aromatic carbocycles. The van der Waals surface area contributed by atoms with Crippen LogP contribution in [-0.4, -0.2) is 19.1 Å². The molecule has 0 radical (unpaired) electrons. The van der Waals surface area contributed by atoms with Crippen LogP contribution in [0.25, 0.3) is 0 Å². The molecule has 7 nitrogen and oxygen atoms in total. The van der Waals surface area contributed by atoms with Gasteiger partial charge in [-0.3, -0.25) is 0 Å². The summed E-state index contributed by atoms with van der Waals surface area (Å²) in [7, 11) is 1.59. The lowest BCUT2D eigenvalue weighted by atomic mass is 9.98. The first-order valence-corrected chi connectivity index (χ1v) is 7.69. The Labute approximate surface area is 144 Å². The highest BCUT2D eigenvalue weighted by Gasteiger charge is 2.32. The minimum absolute atomic E-state index is 0.117. The van der Waals surface area contributed by atoms with E-state index in [1.54, 1.807) is 32.2 Å². The number of hydrogen-bond acceptors (Lipinski definition) is 5. The molecule has 25 heavy (non-hydrogen) atoms. The van der Waals surface area contributed by atoms with Crippen molar-refractivity contribution < 1.29 is 23.5 Å². The molecule has 0 spiro atoms. The highest BCUT2D eigenvalue weighted by Crippen LogP contribution is 2.28. The van der Waals surface area contributed by atoms with Crippen molar-refractivity contribution in [3.8, 4) is 5.75 Å². The molecule has 0 bridgehead atoms. The maximum atomic E-state index is 12.6. The first-order chi connectivity index (χ1) is 12.1. The molecule has 2 amide bonds. The van der Waals surface area contributed by atoms with Crippen molar-refractivity contribution in [3.05, 3.63) is 65.3 Å². The third-order valence-corrected chi connectivity index (χ3v) is 3.89. The lowest BCUT2D eigenvalue weighted by Gasteiger charge is -2.27. The van der Waals surface area contributed by atoms with E-state index in [9.17, 15) is 9.59 Å². The van der Waals surface area contributed by atoms with Crippen LogP contribution in [0, 0.1) is 0 Å². The monoisotopic (exact) mass is 342 g/mol. The molecule has 1 aliphatic heterocycles. The largest absolute Gasteiger partial charge is 0.497 e. The number of hydrogen-bond donors (Lipinski definition) is 2. The van der Waals surface area contributed by atoms with E-state index in [-0.39, 0.29) is 12.6 Å². The normalized spacial score (nSPS) is 16.9. The van der Waals surface area contributed by atoms with Crippen LogP contribution in [0.1, 0.15) is 24.1 Å². The summed E-state index contributed by atoms with van der Waals surface area (Å²) in [4.78, 5) is 24.3. The van der Waals surface area contributed by atoms with Gasteiger partial charge in [0.15, 0.2) is 0 Å². The lowest BCUT2D eigenvalue weighted by Crippen LogP contribution is -2.45. The van der Waals surface area contributed by atoms with Gasteiger partial charge in [0.25, 0.3) is 0 Å². The number of rotatable bonds is 5. The second kappa shape index (κ2) is 7.12. The van der Waals surface area contributed by atoms with E-state index in [0.29, 0.717) is 16.8 Å². The number of benzene rings is 1. The molecule has 1 aromatic heterocycles. The molecule has 0 saturated heterocycles. The van der Waals surface area contributed by atoms with E-state index < -0.39 is 12.0 Å². The second-order valence-electron chi connectivity index (χ2n) is 5.55. The second-order valence-corrected chi connectivity index (χ2v) is 5.55. The number of methoxy groups -OCH3 is 1. The summed E-state index contributed by atoms with van der Waals surface area (Å²) in [6.07, 6.45) is 2.97. The minimum atomic E-state index is -0.615. The van der Waals surface area contributed by atoms with Crippen molar-refractivity contribution in [2.45, 2.75) is 19.6 Å². The average Bonchev–Trinajstić information content (AvgIpc) is 3.14. The molecule has 130 valence electrons. The van der Waals surface area contributed by atoms with Crippen LogP contribution in [0.5, 0.6) is 5.75 Å². The van der Waals surface area contributed by atoms with Gasteiger partial charge in [0.1, 0.15) is 12.4 Å². The Morgan fingerprint density at radius 3 is 2.64 bits per heavy atom. The molecule has 3 rings (SSSR count). The van der Waals surface area contributed by atoms with Gasteiger partial charge in [-0.05, 0) is 30.7 Å². The van der Waals surface area contributed by atoms with E-state index in [2.05, 4.69) is 10.6 Å². The molecule has 0 saturated carbocycles. The lowest BCUT2D eigenvalue weighted by molar-refractivity contribution is -0.140. The van der Waals surface area contributed by atoms with Gasteiger partial charge in [-0.1, -0.05) is 12.1 Å². The van der Waals surface area contributed by atoms with Crippen LogP contribution >= 0.6 is 0 Å². The number of nitrogens with one attached hydrogen (secondary N) is 2. The predicted octanol–water partition coefficient (Wildman–Crippen LogP) is 2.66. The van der Waals surface area contributed by atoms with Crippen LogP contribution in [0.15, 0.2) is 58.5 Å². The van der Waals surface area contributed by atoms with Crippen molar-refractivity contribution >= 4 is 12.0 Å². The number of carbonyl (C=O) groups excluding carboxylic acids is 2. The number of urea groups is 1. The molecule has 0 aliphatic carbocycles. The van der Waals surface area contributed by atoms with E-state index in [4.69, 9.17) is 13.9 Å². The molecule has 1 aliphatic rings. The van der Waals surface area contributed by atoms with Gasteiger partial charge in [0.2, 0.25) is 0 Å². The van der Waals surface area contributed by atoms with Gasteiger partial charge in [-0.25, -0.2) is 9.59 Å². The van der Waals surface area contributed by atoms with E-state index in [1.807, 2.05) is 12.1 Å². The van der Waals surface area contributed by atoms with Crippen molar-refractivity contribution in [1.82, 2.24) is 10.6 Å². The molecular weight excluding hydrogens is 324 g/mol. The summed E-state index contributed by atoms with van der Waals surface area (Å²) in [5.74, 6) is 0.222. The highest BCUT2D eigenvalue weighted by atomic mass is 16.5. The number of furan rings is 1. The average molecular weight is 342 g/mol. The molecule has 1 atom stereocenters. The van der Waals surface area contributed by atoms with Crippen molar-refractivity contribution in [3.63, 3.8) is 0 Å². The predicted molar refractivity (Wildman–Crippen MR) is 88.6 cm³/mol. The zero-order chi connectivity index (χ0) is 17.8. The third kappa shape index (κ3) is 3.65. The van der Waals surface area contributed by atoms with Gasteiger partial charge in [-0.2, -0.15) is 0 Å². The number of esters is 1. The van der Waals surface area contributed by atoms with Gasteiger partial charge < -0.3 is 24.5 Å². The first-order valence-electron chi connectivity index (χ1n) is 7.69. The van der Waals surface area contributed by atoms with Gasteiger partial charge in [-0.15, -0.1) is 0 Å². The smallest absolute Gasteiger partial charge is 0.338 e. The van der Waals surface area contributed by atoms with E-state index in [0.717, 1.165) is 11.3 Å². The van der Waals surface area contributed by atoms with Crippen molar-refractivity contribution in [2.75, 3.05) is 7.11 Å². The summed E-state index contributed by atoms with van der Waals surface area (Å²) < 4.78 is 15.6. The molecule has 2 aromatic rings. The molecule has 2 N–H and O–H groups in total. The summed E-state index contributed by atoms with van der Waals surface area (Å²) in [5, 5.41) is 5.31. The zero-order valence-electron chi connectivity index (χ0n) is 13.9. The third-order valence-electron chi connectivity index (χ3n) is 3.89. The van der Waals surface area contributed by atoms with Crippen molar-refractivity contribution in [1.29, 1.82) is 0 Å². The standard InChI is InChI=1S/C18H18N2O5/c1-11-15(16(20-18(22)19-11)13-7-8-24-10-13)17(21)25-9-12-3-5-14(23-2)6-4-12/h3-8,10,16H,9H2,1-2H3,(H2,19,20,22). The molecule has 2 heterocycles. The fraction of sp³-hybridized carbons (Fsp3) is 0.222. The quantitative estimate of drug-likeness (QED) is 0.816. The number of allylic oxidation sites excluding steroid dienone is 1. The molecular formula is C18H18N2O5. The fourth-order valence-corrected chi connectivity index (χ4v) is 2.60. The summed E-state index contributed by atoms with van der Waals surface area (Å²) in [6.45, 7) is 1.78. The van der Waals surface area contributed by atoms with Gasteiger partial charge >= 0.3 is 12.0 Å². The maximum absolute atomic E-state index is 12.6. The maximum Gasteiger partial charge on any atom is 0.338 e. The number of amides is 2. The van der Waals surface area contributed by atoms with E-state index >= 15 is 0 Å². The van der Waals surface area contributed by atoms with Crippen molar-refractivity contribution in [2.24, 2.45) is 0 Å². The Bertz CT molecular complexity index is 793.